The van der Waals surface area contributed by atoms with Crippen molar-refractivity contribution in [3.63, 3.8) is 0 Å². The highest BCUT2D eigenvalue weighted by Gasteiger charge is 2.20. The lowest BCUT2D eigenvalue weighted by molar-refractivity contribution is -0.384. The number of azo groups is 1. The molecule has 1 heterocycles. The second-order valence-electron chi connectivity index (χ2n) is 6.70. The van der Waals surface area contributed by atoms with E-state index in [0.29, 0.717) is 12.4 Å². The number of aromatic hydroxyl groups is 1. The number of pyridine rings is 1. The zero-order valence-electron chi connectivity index (χ0n) is 17.3. The molecule has 0 unspecified atom stereocenters. The quantitative estimate of drug-likeness (QED) is 0.330. The Bertz CT molecular complexity index is 1290. The highest BCUT2D eigenvalue weighted by molar-refractivity contribution is 5.61. The molecule has 0 aliphatic rings. The van der Waals surface area contributed by atoms with Gasteiger partial charge in [-0.05, 0) is 31.5 Å². The van der Waals surface area contributed by atoms with Gasteiger partial charge in [-0.3, -0.25) is 19.5 Å². The molecule has 1 N–H and O–H groups in total. The van der Waals surface area contributed by atoms with Crippen molar-refractivity contribution in [2.24, 2.45) is 10.2 Å². The molecule has 10 nitrogen and oxygen atoms in total. The van der Waals surface area contributed by atoms with Crippen LogP contribution in [0.15, 0.2) is 63.6 Å². The third-order valence-electron chi connectivity index (χ3n) is 4.66. The summed E-state index contributed by atoms with van der Waals surface area (Å²) in [5.41, 5.74) is -0.589. The van der Waals surface area contributed by atoms with Crippen LogP contribution in [-0.2, 0) is 6.54 Å². The van der Waals surface area contributed by atoms with Gasteiger partial charge in [0.1, 0.15) is 17.4 Å². The van der Waals surface area contributed by atoms with E-state index < -0.39 is 16.4 Å². The lowest BCUT2D eigenvalue weighted by Crippen LogP contribution is -2.22. The topological polar surface area (TPSA) is 143 Å². The summed E-state index contributed by atoms with van der Waals surface area (Å²) in [5.74, 6) is -0.180. The van der Waals surface area contributed by atoms with Crippen LogP contribution in [0.1, 0.15) is 23.6 Å². The zero-order valence-corrected chi connectivity index (χ0v) is 17.3. The fourth-order valence-electron chi connectivity index (χ4n) is 3.06. The number of nitro groups is 1. The maximum atomic E-state index is 13.0. The van der Waals surface area contributed by atoms with Crippen molar-refractivity contribution in [1.82, 2.24) is 4.57 Å². The Hall–Kier alpha value is -4.52. The zero-order chi connectivity index (χ0) is 23.3. The summed E-state index contributed by atoms with van der Waals surface area (Å²) >= 11 is 0. The number of rotatable bonds is 7. The lowest BCUT2D eigenvalue weighted by atomic mass is 10.1. The number of ether oxygens (including phenoxy) is 1. The third kappa shape index (κ3) is 4.46. The first-order valence-corrected chi connectivity index (χ1v) is 9.60. The molecular formula is C22H19N5O5. The van der Waals surface area contributed by atoms with Gasteiger partial charge in [-0.1, -0.05) is 30.3 Å². The monoisotopic (exact) mass is 433 g/mol. The number of hydrogen-bond donors (Lipinski definition) is 1. The van der Waals surface area contributed by atoms with E-state index in [0.717, 1.165) is 10.1 Å². The molecule has 162 valence electrons. The van der Waals surface area contributed by atoms with Crippen molar-refractivity contribution in [2.75, 3.05) is 6.61 Å². The smallest absolute Gasteiger partial charge is 0.300 e. The highest BCUT2D eigenvalue weighted by Crippen LogP contribution is 2.33. The van der Waals surface area contributed by atoms with Crippen molar-refractivity contribution in [2.45, 2.75) is 20.4 Å². The summed E-state index contributed by atoms with van der Waals surface area (Å²) in [6, 6.07) is 14.9. The number of nitriles is 1. The van der Waals surface area contributed by atoms with E-state index in [1.165, 1.54) is 25.1 Å². The van der Waals surface area contributed by atoms with Crippen LogP contribution in [0.2, 0.25) is 0 Å². The Balaban J connectivity index is 2.12. The first-order valence-electron chi connectivity index (χ1n) is 9.60. The van der Waals surface area contributed by atoms with Crippen molar-refractivity contribution < 1.29 is 14.8 Å². The molecular weight excluding hydrogens is 414 g/mol. The molecule has 0 spiro atoms. The van der Waals surface area contributed by atoms with Crippen LogP contribution in [-0.4, -0.2) is 21.2 Å². The molecule has 0 fully saturated rings. The maximum Gasteiger partial charge on any atom is 0.300 e. The molecule has 0 aliphatic heterocycles. The number of benzene rings is 2. The summed E-state index contributed by atoms with van der Waals surface area (Å²) in [6.45, 7) is 3.54. The molecule has 10 heteroatoms. The standard InChI is InChI=1S/C22H19N5O5/c1-3-32-16-9-10-18(19(11-16)27(30)31)24-25-20-14(2)17(12-23)21(28)26(22(20)29)13-15-7-5-4-6-8-15/h4-11,28H,3,13H2,1-2H3. The molecule has 3 aromatic rings. The van der Waals surface area contributed by atoms with Gasteiger partial charge in [-0.15, -0.1) is 10.2 Å². The molecule has 0 saturated carbocycles. The van der Waals surface area contributed by atoms with Gasteiger partial charge < -0.3 is 9.84 Å². The summed E-state index contributed by atoms with van der Waals surface area (Å²) in [5, 5.41) is 39.2. The largest absolute Gasteiger partial charge is 0.494 e. The van der Waals surface area contributed by atoms with Crippen LogP contribution in [0.4, 0.5) is 17.1 Å². The fraction of sp³-hybridized carbons (Fsp3) is 0.182. The van der Waals surface area contributed by atoms with Crippen molar-refractivity contribution >= 4 is 17.1 Å². The van der Waals surface area contributed by atoms with Crippen LogP contribution in [0, 0.1) is 28.4 Å². The first-order chi connectivity index (χ1) is 15.4. The van der Waals surface area contributed by atoms with Gasteiger partial charge in [0, 0.05) is 5.56 Å². The number of nitro benzene ring substituents is 1. The Kier molecular flexibility index (Phi) is 6.60. The minimum atomic E-state index is -0.680. The number of aromatic nitrogens is 1. The lowest BCUT2D eigenvalue weighted by Gasteiger charge is -2.13. The van der Waals surface area contributed by atoms with E-state index in [1.807, 2.05) is 12.1 Å². The third-order valence-corrected chi connectivity index (χ3v) is 4.66. The predicted molar refractivity (Wildman–Crippen MR) is 116 cm³/mol. The number of hydrogen-bond acceptors (Lipinski definition) is 8. The minimum Gasteiger partial charge on any atom is -0.494 e. The molecule has 32 heavy (non-hydrogen) atoms. The van der Waals surface area contributed by atoms with E-state index in [1.54, 1.807) is 31.2 Å². The first kappa shape index (κ1) is 22.2. The van der Waals surface area contributed by atoms with Gasteiger partial charge in [0.15, 0.2) is 11.4 Å². The van der Waals surface area contributed by atoms with E-state index in [2.05, 4.69) is 10.2 Å². The van der Waals surface area contributed by atoms with E-state index in [4.69, 9.17) is 4.74 Å². The predicted octanol–water partition coefficient (Wildman–Crippen LogP) is 4.50. The molecule has 0 radical (unpaired) electrons. The van der Waals surface area contributed by atoms with Crippen LogP contribution in [0.5, 0.6) is 11.6 Å². The summed E-state index contributed by atoms with van der Waals surface area (Å²) < 4.78 is 6.29. The second kappa shape index (κ2) is 9.53. The van der Waals surface area contributed by atoms with Crippen molar-refractivity contribution in [1.29, 1.82) is 5.26 Å². The molecule has 0 atom stereocenters. The van der Waals surface area contributed by atoms with Gasteiger partial charge in [-0.2, -0.15) is 5.26 Å². The molecule has 1 aromatic heterocycles. The van der Waals surface area contributed by atoms with Gasteiger partial charge in [0.05, 0.1) is 24.1 Å². The Morgan fingerprint density at radius 2 is 1.94 bits per heavy atom. The van der Waals surface area contributed by atoms with Crippen LogP contribution in [0.3, 0.4) is 0 Å². The molecule has 0 aliphatic carbocycles. The molecule has 0 amide bonds. The number of nitrogens with zero attached hydrogens (tertiary/aromatic N) is 5. The highest BCUT2D eigenvalue weighted by atomic mass is 16.6. The van der Waals surface area contributed by atoms with Crippen molar-refractivity contribution in [3.8, 4) is 17.7 Å². The van der Waals surface area contributed by atoms with Gasteiger partial charge >= 0.3 is 0 Å². The van der Waals surface area contributed by atoms with Gasteiger partial charge in [-0.25, -0.2) is 0 Å². The van der Waals surface area contributed by atoms with E-state index in [9.17, 15) is 25.3 Å². The van der Waals surface area contributed by atoms with Crippen molar-refractivity contribution in [3.05, 3.63) is 85.7 Å². The molecule has 0 bridgehead atoms. The molecule has 0 saturated heterocycles. The minimum absolute atomic E-state index is 0.00614. The average Bonchev–Trinajstić information content (AvgIpc) is 2.78. The fourth-order valence-corrected chi connectivity index (χ4v) is 3.06. The SMILES string of the molecule is CCOc1ccc(N=Nc2c(C)c(C#N)c(O)n(Cc3ccccc3)c2=O)c([N+](=O)[O-])c1. The van der Waals surface area contributed by atoms with E-state index >= 15 is 0 Å². The Morgan fingerprint density at radius 1 is 1.22 bits per heavy atom. The van der Waals surface area contributed by atoms with Crippen LogP contribution >= 0.6 is 0 Å². The maximum absolute atomic E-state index is 13.0. The van der Waals surface area contributed by atoms with E-state index in [-0.39, 0.29) is 34.7 Å². The molecule has 3 rings (SSSR count). The molecule has 2 aromatic carbocycles. The van der Waals surface area contributed by atoms with Gasteiger partial charge in [0.25, 0.3) is 11.2 Å². The summed E-state index contributed by atoms with van der Waals surface area (Å²) in [6.07, 6.45) is 0. The Labute approximate surface area is 182 Å². The summed E-state index contributed by atoms with van der Waals surface area (Å²) in [4.78, 5) is 23.9. The second-order valence-corrected chi connectivity index (χ2v) is 6.70. The summed E-state index contributed by atoms with van der Waals surface area (Å²) in [7, 11) is 0. The van der Waals surface area contributed by atoms with Crippen LogP contribution < -0.4 is 10.3 Å². The average molecular weight is 433 g/mol. The van der Waals surface area contributed by atoms with Gasteiger partial charge in [0.2, 0.25) is 5.88 Å². The Morgan fingerprint density at radius 3 is 2.56 bits per heavy atom. The normalized spacial score (nSPS) is 10.8. The van der Waals surface area contributed by atoms with Crippen LogP contribution in [0.25, 0.3) is 0 Å².